The monoisotopic (exact) mass is 267 g/mol. The number of hydrogen-bond acceptors (Lipinski definition) is 3. The molecule has 9 heteroatoms. The van der Waals surface area contributed by atoms with E-state index in [1.165, 1.54) is 0 Å². The van der Waals surface area contributed by atoms with Gasteiger partial charge in [0, 0.05) is 0 Å². The van der Waals surface area contributed by atoms with Crippen molar-refractivity contribution in [3.05, 3.63) is 23.8 Å². The Morgan fingerprint density at radius 3 is 2.29 bits per heavy atom. The zero-order valence-electron chi connectivity index (χ0n) is 11.9. The van der Waals surface area contributed by atoms with Crippen molar-refractivity contribution in [3.8, 4) is 11.5 Å². The Hall–Kier alpha value is -0.830. The second-order valence-electron chi connectivity index (χ2n) is 5.71. The third-order valence-corrected chi connectivity index (χ3v) is 3.22. The van der Waals surface area contributed by atoms with Gasteiger partial charge in [-0.05, 0) is 29.6 Å². The standard InChI is InChI=1S/C12H11B6NO2/c1-10(13,19-12(17,18)11(14,15)16)5-7-2-3-8-9(4-7)21-6-20-8/h2-4,19H,5-6H2,1H3. The maximum Gasteiger partial charge on any atom is 0.231 e. The first-order valence-corrected chi connectivity index (χ1v) is 6.41. The normalized spacial score (nSPS) is 17.4. The molecular formula is C12H11B6NO2. The van der Waals surface area contributed by atoms with Crippen LogP contribution >= 0.6 is 0 Å². The van der Waals surface area contributed by atoms with E-state index in [1.807, 2.05) is 18.2 Å². The van der Waals surface area contributed by atoms with Crippen LogP contribution in [0.25, 0.3) is 0 Å². The molecule has 0 saturated heterocycles. The summed E-state index contributed by atoms with van der Waals surface area (Å²) in [4.78, 5) is 0. The number of nitrogens with one attached hydrogen (secondary N) is 1. The molecule has 1 aliphatic rings. The van der Waals surface area contributed by atoms with E-state index in [4.69, 9.17) is 56.6 Å². The molecule has 94 valence electrons. The molecule has 0 fully saturated rings. The maximum absolute atomic E-state index is 6.17. The van der Waals surface area contributed by atoms with Crippen LogP contribution in [-0.2, 0) is 6.42 Å². The van der Waals surface area contributed by atoms with Gasteiger partial charge < -0.3 is 14.8 Å². The summed E-state index contributed by atoms with van der Waals surface area (Å²) < 4.78 is 10.6. The minimum absolute atomic E-state index is 0.210. The fourth-order valence-corrected chi connectivity index (χ4v) is 2.10. The Labute approximate surface area is 133 Å². The molecule has 1 aromatic carbocycles. The second-order valence-corrected chi connectivity index (χ2v) is 5.71. The highest BCUT2D eigenvalue weighted by Gasteiger charge is 2.34. The summed E-state index contributed by atoms with van der Waals surface area (Å²) >= 11 is 0. The van der Waals surface area contributed by atoms with Gasteiger partial charge in [0.25, 0.3) is 0 Å². The van der Waals surface area contributed by atoms with E-state index in [-0.39, 0.29) is 6.79 Å². The lowest BCUT2D eigenvalue weighted by Gasteiger charge is -2.48. The average molecular weight is 266 g/mol. The molecule has 2 rings (SSSR count). The molecule has 0 bridgehead atoms. The topological polar surface area (TPSA) is 30.5 Å². The number of benzene rings is 1. The highest BCUT2D eigenvalue weighted by Crippen LogP contribution is 2.33. The molecule has 0 aromatic heterocycles. The zero-order valence-corrected chi connectivity index (χ0v) is 11.9. The molecular weight excluding hydrogens is 255 g/mol. The lowest BCUT2D eigenvalue weighted by Crippen LogP contribution is -2.65. The number of hydrogen-bond donors (Lipinski definition) is 1. The first-order chi connectivity index (χ1) is 9.50. The Balaban J connectivity index is 2.10. The van der Waals surface area contributed by atoms with Crippen molar-refractivity contribution < 1.29 is 9.47 Å². The van der Waals surface area contributed by atoms with E-state index in [0.717, 1.165) is 5.56 Å². The molecule has 1 N–H and O–H groups in total. The molecule has 1 aliphatic heterocycles. The SMILES string of the molecule is [B]C(C)(Cc1ccc2c(c1)OCO2)NC([B])([B])C([B])([B])[B]. The minimum Gasteiger partial charge on any atom is -0.454 e. The first-order valence-electron chi connectivity index (χ1n) is 6.41. The molecule has 0 spiro atoms. The van der Waals surface area contributed by atoms with E-state index in [9.17, 15) is 0 Å². The van der Waals surface area contributed by atoms with Crippen LogP contribution < -0.4 is 14.8 Å². The van der Waals surface area contributed by atoms with Gasteiger partial charge in [0.1, 0.15) is 0 Å². The molecule has 1 heterocycles. The van der Waals surface area contributed by atoms with Crippen molar-refractivity contribution in [1.29, 1.82) is 0 Å². The molecule has 1 atom stereocenters. The van der Waals surface area contributed by atoms with Gasteiger partial charge >= 0.3 is 0 Å². The van der Waals surface area contributed by atoms with E-state index in [0.29, 0.717) is 17.9 Å². The zero-order chi connectivity index (χ0) is 15.9. The van der Waals surface area contributed by atoms with E-state index < -0.39 is 15.9 Å². The largest absolute Gasteiger partial charge is 0.454 e. The minimum atomic E-state index is -1.83. The van der Waals surface area contributed by atoms with Crippen molar-refractivity contribution in [2.24, 2.45) is 0 Å². The van der Waals surface area contributed by atoms with Crippen LogP contribution in [0.2, 0.25) is 5.11 Å². The summed E-state index contributed by atoms with van der Waals surface area (Å²) in [7, 11) is 34.4. The summed E-state index contributed by atoms with van der Waals surface area (Å²) in [6.07, 6.45) is 0.399. The Kier molecular flexibility index (Phi) is 4.27. The highest BCUT2D eigenvalue weighted by molar-refractivity contribution is 6.67. The lowest BCUT2D eigenvalue weighted by atomic mass is 9.26. The molecule has 0 saturated carbocycles. The van der Waals surface area contributed by atoms with Crippen molar-refractivity contribution >= 4 is 47.1 Å². The molecule has 1 unspecified atom stereocenters. The van der Waals surface area contributed by atoms with Gasteiger partial charge in [0.05, 0.1) is 47.1 Å². The maximum atomic E-state index is 6.17. The van der Waals surface area contributed by atoms with Gasteiger partial charge in [0.15, 0.2) is 11.5 Å². The summed E-state index contributed by atoms with van der Waals surface area (Å²) in [6.45, 7) is 1.92. The smallest absolute Gasteiger partial charge is 0.231 e. The van der Waals surface area contributed by atoms with Crippen LogP contribution in [-0.4, -0.2) is 64.6 Å². The third-order valence-electron chi connectivity index (χ3n) is 3.22. The number of rotatable bonds is 5. The van der Waals surface area contributed by atoms with Crippen LogP contribution in [0, 0.1) is 0 Å². The molecule has 3 nitrogen and oxygen atoms in total. The fourth-order valence-electron chi connectivity index (χ4n) is 2.10. The van der Waals surface area contributed by atoms with Crippen LogP contribution in [0.3, 0.4) is 0 Å². The van der Waals surface area contributed by atoms with Gasteiger partial charge in [-0.15, -0.1) is 5.11 Å². The van der Waals surface area contributed by atoms with Gasteiger partial charge in [-0.3, -0.25) is 0 Å². The Morgan fingerprint density at radius 2 is 1.67 bits per heavy atom. The van der Waals surface area contributed by atoms with Crippen molar-refractivity contribution in [2.45, 2.75) is 29.2 Å². The van der Waals surface area contributed by atoms with E-state index >= 15 is 0 Å². The Bertz CT molecular complexity index is 529. The average Bonchev–Trinajstić information content (AvgIpc) is 2.72. The molecule has 21 heavy (non-hydrogen) atoms. The summed E-state index contributed by atoms with van der Waals surface area (Å²) in [5.41, 5.74) is -0.0789. The van der Waals surface area contributed by atoms with Gasteiger partial charge in [-0.1, -0.05) is 18.3 Å². The van der Waals surface area contributed by atoms with Gasteiger partial charge in [-0.25, -0.2) is 0 Å². The molecule has 12 radical (unpaired) electrons. The van der Waals surface area contributed by atoms with Crippen LogP contribution in [0.4, 0.5) is 0 Å². The van der Waals surface area contributed by atoms with Gasteiger partial charge in [-0.2, -0.15) is 0 Å². The summed E-state index contributed by atoms with van der Waals surface area (Å²) in [5.74, 6) is 1.36. The van der Waals surface area contributed by atoms with Gasteiger partial charge in [0.2, 0.25) is 6.79 Å². The summed E-state index contributed by atoms with van der Waals surface area (Å²) in [5, 5.41) is -0.799. The van der Waals surface area contributed by atoms with E-state index in [2.05, 4.69) is 5.32 Å². The predicted molar refractivity (Wildman–Crippen MR) is 87.8 cm³/mol. The quantitative estimate of drug-likeness (QED) is 0.694. The highest BCUT2D eigenvalue weighted by atomic mass is 16.7. The molecule has 0 amide bonds. The lowest BCUT2D eigenvalue weighted by molar-refractivity contribution is 0.174. The van der Waals surface area contributed by atoms with E-state index in [1.54, 1.807) is 6.92 Å². The molecule has 0 aliphatic carbocycles. The van der Waals surface area contributed by atoms with Crippen molar-refractivity contribution in [3.63, 3.8) is 0 Å². The third kappa shape index (κ3) is 3.88. The fraction of sp³-hybridized carbons (Fsp3) is 0.500. The van der Waals surface area contributed by atoms with Crippen molar-refractivity contribution in [1.82, 2.24) is 5.32 Å². The number of ether oxygens (including phenoxy) is 2. The summed E-state index contributed by atoms with van der Waals surface area (Å²) in [6, 6.07) is 5.52. The van der Waals surface area contributed by atoms with Crippen LogP contribution in [0.1, 0.15) is 12.5 Å². The predicted octanol–water partition coefficient (Wildman–Crippen LogP) is -0.998. The number of fused-ring (bicyclic) bond motifs is 1. The van der Waals surface area contributed by atoms with Crippen molar-refractivity contribution in [2.75, 3.05) is 6.79 Å². The first kappa shape index (κ1) is 16.5. The van der Waals surface area contributed by atoms with Crippen LogP contribution in [0.15, 0.2) is 18.2 Å². The van der Waals surface area contributed by atoms with Crippen LogP contribution in [0.5, 0.6) is 11.5 Å². The molecule has 1 aromatic rings. The Morgan fingerprint density at radius 1 is 1.05 bits per heavy atom. The second kappa shape index (κ2) is 5.42.